The monoisotopic (exact) mass is 337 g/mol. The highest BCUT2D eigenvalue weighted by atomic mass is 32.1. The third-order valence-corrected chi connectivity index (χ3v) is 4.82. The van der Waals surface area contributed by atoms with Crippen LogP contribution in [0.2, 0.25) is 0 Å². The number of nitriles is 1. The molecule has 0 saturated heterocycles. The molecule has 0 amide bonds. The van der Waals surface area contributed by atoms with Crippen molar-refractivity contribution >= 4 is 12.6 Å². The van der Waals surface area contributed by atoms with E-state index in [0.717, 1.165) is 11.3 Å². The second-order valence-electron chi connectivity index (χ2n) is 6.21. The van der Waals surface area contributed by atoms with E-state index < -0.39 is 11.8 Å². The molecule has 0 fully saturated rings. The molecule has 2 aromatic rings. The van der Waals surface area contributed by atoms with Crippen LogP contribution in [-0.2, 0) is 12.6 Å². The van der Waals surface area contributed by atoms with Crippen LogP contribution in [0.15, 0.2) is 65.3 Å². The molecule has 1 aliphatic heterocycles. The minimum Gasteiger partial charge on any atom is -0.762 e. The first-order valence-electron chi connectivity index (χ1n) is 7.79. The average Bonchev–Trinajstić information content (AvgIpc) is 2.55. The molecule has 2 N–H and O–H groups in total. The summed E-state index contributed by atoms with van der Waals surface area (Å²) in [4.78, 5) is 0. The summed E-state index contributed by atoms with van der Waals surface area (Å²) in [5.41, 5.74) is 1.15. The second-order valence-corrected chi connectivity index (χ2v) is 6.62. The highest BCUT2D eigenvalue weighted by molar-refractivity contribution is 7.63. The maximum Gasteiger partial charge on any atom is 0.216 e. The normalized spacial score (nSPS) is 26.6. The molecule has 0 radical (unpaired) electrons. The number of aryl methyl sites for hydroxylation is 1. The number of pyridine rings is 1. The fourth-order valence-corrected chi connectivity index (χ4v) is 3.79. The number of rotatable bonds is 2. The maximum atomic E-state index is 11.1. The van der Waals surface area contributed by atoms with E-state index in [1.807, 2.05) is 66.2 Å². The van der Waals surface area contributed by atoms with E-state index in [2.05, 4.69) is 11.4 Å². The van der Waals surface area contributed by atoms with Gasteiger partial charge in [0, 0.05) is 24.6 Å². The minimum atomic E-state index is -1.28. The number of aromatic nitrogens is 1. The zero-order valence-electron chi connectivity index (χ0n) is 13.6. The van der Waals surface area contributed by atoms with Crippen LogP contribution in [0.4, 0.5) is 0 Å². The van der Waals surface area contributed by atoms with Crippen molar-refractivity contribution in [1.82, 2.24) is 5.32 Å². The molecule has 1 aliphatic rings. The van der Waals surface area contributed by atoms with E-state index in [1.165, 1.54) is 0 Å². The Kier molecular flexibility index (Phi) is 4.27. The van der Waals surface area contributed by atoms with E-state index in [1.54, 1.807) is 6.92 Å². The van der Waals surface area contributed by atoms with Gasteiger partial charge in [-0.15, -0.1) is 0 Å². The Balaban J connectivity index is 2.27. The zero-order valence-corrected chi connectivity index (χ0v) is 14.4. The predicted molar refractivity (Wildman–Crippen MR) is 93.4 cm³/mol. The van der Waals surface area contributed by atoms with Crippen molar-refractivity contribution in [3.63, 3.8) is 0 Å². The highest BCUT2D eigenvalue weighted by Gasteiger charge is 2.50. The van der Waals surface area contributed by atoms with E-state index in [0.29, 0.717) is 10.6 Å². The largest absolute Gasteiger partial charge is 0.762 e. The molecular formula is C19H19N3OS. The number of hydrogen-bond acceptors (Lipinski definition) is 4. The van der Waals surface area contributed by atoms with Gasteiger partial charge in [-0.25, -0.2) is 0 Å². The highest BCUT2D eigenvalue weighted by Crippen LogP contribution is 2.42. The van der Waals surface area contributed by atoms with E-state index in [9.17, 15) is 10.4 Å². The first kappa shape index (κ1) is 16.4. The molecule has 0 saturated carbocycles. The number of hydrogen-bond donors (Lipinski definition) is 2. The van der Waals surface area contributed by atoms with Gasteiger partial charge in [0.25, 0.3) is 0 Å². The number of allylic oxidation sites excluding steroid dienone is 1. The topological polar surface area (TPSA) is 59.9 Å². The summed E-state index contributed by atoms with van der Waals surface area (Å²) in [6, 6.07) is 17.4. The Bertz CT molecular complexity index is 824. The van der Waals surface area contributed by atoms with Crippen molar-refractivity contribution in [1.29, 1.82) is 5.26 Å². The summed E-state index contributed by atoms with van der Waals surface area (Å²) in [5, 5.41) is 24.0. The Morgan fingerprint density at radius 2 is 1.88 bits per heavy atom. The molecule has 1 aromatic heterocycles. The molecule has 122 valence electrons. The molecule has 2 heterocycles. The number of benzene rings is 1. The van der Waals surface area contributed by atoms with Gasteiger partial charge in [0.2, 0.25) is 6.04 Å². The number of nitrogens with zero attached hydrogens (tertiary/aromatic N) is 2. The smallest absolute Gasteiger partial charge is 0.216 e. The summed E-state index contributed by atoms with van der Waals surface area (Å²) < 4.78 is 2.00. The molecule has 1 aromatic carbocycles. The molecule has 5 heteroatoms. The first-order valence-corrected chi connectivity index (χ1v) is 8.20. The molecule has 3 rings (SSSR count). The lowest BCUT2D eigenvalue weighted by molar-refractivity contribution is -0.746. The van der Waals surface area contributed by atoms with Crippen LogP contribution in [0, 0.1) is 18.3 Å². The van der Waals surface area contributed by atoms with Gasteiger partial charge >= 0.3 is 0 Å². The van der Waals surface area contributed by atoms with Gasteiger partial charge in [0.1, 0.15) is 0 Å². The third kappa shape index (κ3) is 2.75. The van der Waals surface area contributed by atoms with Gasteiger partial charge < -0.3 is 23.1 Å². The lowest BCUT2D eigenvalue weighted by atomic mass is 9.78. The van der Waals surface area contributed by atoms with Gasteiger partial charge in [-0.3, -0.25) is 0 Å². The van der Waals surface area contributed by atoms with E-state index in [-0.39, 0.29) is 5.92 Å². The number of aliphatic hydroxyl groups is 1. The van der Waals surface area contributed by atoms with Crippen LogP contribution in [0.1, 0.15) is 30.1 Å². The molecule has 24 heavy (non-hydrogen) atoms. The van der Waals surface area contributed by atoms with Gasteiger partial charge in [-0.05, 0) is 12.5 Å². The predicted octanol–water partition coefficient (Wildman–Crippen LogP) is 2.20. The summed E-state index contributed by atoms with van der Waals surface area (Å²) >= 11 is 5.35. The summed E-state index contributed by atoms with van der Waals surface area (Å²) in [7, 11) is 0. The fourth-order valence-electron chi connectivity index (χ4n) is 3.41. The molecule has 0 bridgehead atoms. The van der Waals surface area contributed by atoms with Crippen LogP contribution in [0.5, 0.6) is 0 Å². The molecule has 3 unspecified atom stereocenters. The van der Waals surface area contributed by atoms with Crippen molar-refractivity contribution in [2.45, 2.75) is 31.5 Å². The number of nitrogens with one attached hydrogen (secondary N) is 1. The minimum absolute atomic E-state index is 0.307. The van der Waals surface area contributed by atoms with Crippen molar-refractivity contribution in [3.05, 3.63) is 76.6 Å². The second kappa shape index (κ2) is 6.23. The molecule has 3 atom stereocenters. The molecule has 4 nitrogen and oxygen atoms in total. The SMILES string of the molecule is Cc1cccc[n+]1C1C(c2ccccc2)C(C#N)=C([S-])NC1(C)O. The Morgan fingerprint density at radius 1 is 1.21 bits per heavy atom. The summed E-state index contributed by atoms with van der Waals surface area (Å²) in [5.74, 6) is -0.328. The van der Waals surface area contributed by atoms with Crippen LogP contribution in [-0.4, -0.2) is 10.8 Å². The first-order chi connectivity index (χ1) is 11.5. The van der Waals surface area contributed by atoms with Gasteiger partial charge in [-0.1, -0.05) is 41.4 Å². The standard InChI is InChI=1S/C19H19N3OS/c1-13-8-6-7-11-22(13)17-16(14-9-4-3-5-10-14)15(12-20)18(24)21-19(17,2)23/h3-11,16-17,21,23H,1-2H3. The fraction of sp³-hybridized carbons (Fsp3) is 0.263. The summed E-state index contributed by atoms with van der Waals surface area (Å²) in [6.07, 6.45) is 1.93. The Labute approximate surface area is 147 Å². The van der Waals surface area contributed by atoms with Gasteiger partial charge in [0.05, 0.1) is 12.0 Å². The lowest BCUT2D eigenvalue weighted by Gasteiger charge is -2.43. The zero-order chi connectivity index (χ0) is 17.3. The van der Waals surface area contributed by atoms with Crippen molar-refractivity contribution in [2.24, 2.45) is 0 Å². The third-order valence-electron chi connectivity index (χ3n) is 4.50. The van der Waals surface area contributed by atoms with Crippen LogP contribution < -0.4 is 9.88 Å². The maximum absolute atomic E-state index is 11.1. The van der Waals surface area contributed by atoms with Crippen LogP contribution in [0.3, 0.4) is 0 Å². The van der Waals surface area contributed by atoms with Gasteiger partial charge in [0.15, 0.2) is 17.6 Å². The molecular weight excluding hydrogens is 318 g/mol. The Morgan fingerprint density at radius 3 is 2.50 bits per heavy atom. The van der Waals surface area contributed by atoms with Gasteiger partial charge in [-0.2, -0.15) is 9.83 Å². The summed E-state index contributed by atoms with van der Waals surface area (Å²) in [6.45, 7) is 3.69. The van der Waals surface area contributed by atoms with E-state index in [4.69, 9.17) is 12.6 Å². The van der Waals surface area contributed by atoms with Crippen molar-refractivity contribution in [3.8, 4) is 6.07 Å². The lowest BCUT2D eigenvalue weighted by Crippen LogP contribution is -2.64. The van der Waals surface area contributed by atoms with Crippen LogP contribution in [0.25, 0.3) is 0 Å². The van der Waals surface area contributed by atoms with Crippen molar-refractivity contribution < 1.29 is 9.67 Å². The molecule has 0 aliphatic carbocycles. The quantitative estimate of drug-likeness (QED) is 0.651. The van der Waals surface area contributed by atoms with Crippen molar-refractivity contribution in [2.75, 3.05) is 0 Å². The Hall–Kier alpha value is -2.42. The van der Waals surface area contributed by atoms with E-state index >= 15 is 0 Å². The molecule has 0 spiro atoms. The van der Waals surface area contributed by atoms with Crippen LogP contribution >= 0.6 is 0 Å². The average molecular weight is 337 g/mol.